The summed E-state index contributed by atoms with van der Waals surface area (Å²) in [5.74, 6) is 0.857. The van der Waals surface area contributed by atoms with Gasteiger partial charge in [0, 0.05) is 18.5 Å². The molecule has 3 nitrogen and oxygen atoms in total. The molecule has 21 heavy (non-hydrogen) atoms. The molecule has 0 aromatic carbocycles. The third-order valence-corrected chi connectivity index (χ3v) is 6.46. The van der Waals surface area contributed by atoms with Crippen molar-refractivity contribution >= 4 is 0 Å². The van der Waals surface area contributed by atoms with Gasteiger partial charge in [0.1, 0.15) is 0 Å². The lowest BCUT2D eigenvalue weighted by Crippen LogP contribution is -2.54. The summed E-state index contributed by atoms with van der Waals surface area (Å²) in [6.07, 6.45) is 10.3. The van der Waals surface area contributed by atoms with E-state index in [1.807, 2.05) is 0 Å². The molecule has 0 spiro atoms. The van der Waals surface area contributed by atoms with Gasteiger partial charge < -0.3 is 15.7 Å². The Morgan fingerprint density at radius 2 is 1.81 bits per heavy atom. The summed E-state index contributed by atoms with van der Waals surface area (Å²) < 4.78 is 0. The molecule has 2 rings (SSSR count). The van der Waals surface area contributed by atoms with Crippen LogP contribution in [0.4, 0.5) is 0 Å². The van der Waals surface area contributed by atoms with E-state index in [9.17, 15) is 5.11 Å². The lowest BCUT2D eigenvalue weighted by atomic mass is 9.59. The van der Waals surface area contributed by atoms with Crippen LogP contribution in [0.2, 0.25) is 0 Å². The second kappa shape index (κ2) is 7.43. The van der Waals surface area contributed by atoms with Crippen LogP contribution in [0, 0.1) is 11.3 Å². The van der Waals surface area contributed by atoms with Gasteiger partial charge in [-0.3, -0.25) is 0 Å². The van der Waals surface area contributed by atoms with E-state index in [1.54, 1.807) is 0 Å². The summed E-state index contributed by atoms with van der Waals surface area (Å²) in [4.78, 5) is 2.53. The Morgan fingerprint density at radius 3 is 2.38 bits per heavy atom. The number of likely N-dealkylation sites (tertiary alicyclic amines) is 1. The zero-order valence-corrected chi connectivity index (χ0v) is 14.2. The molecule has 0 radical (unpaired) electrons. The maximum absolute atomic E-state index is 11.5. The summed E-state index contributed by atoms with van der Waals surface area (Å²) in [6, 6.07) is 0. The number of hydrogen-bond acceptors (Lipinski definition) is 3. The first kappa shape index (κ1) is 17.2. The first-order valence-electron chi connectivity index (χ1n) is 9.24. The van der Waals surface area contributed by atoms with Gasteiger partial charge in [0.05, 0.1) is 5.60 Å². The maximum atomic E-state index is 11.5. The monoisotopic (exact) mass is 296 g/mol. The van der Waals surface area contributed by atoms with Crippen LogP contribution >= 0.6 is 0 Å². The average Bonchev–Trinajstić information content (AvgIpc) is 2.71. The molecule has 124 valence electrons. The quantitative estimate of drug-likeness (QED) is 0.819. The van der Waals surface area contributed by atoms with E-state index in [4.69, 9.17) is 5.73 Å². The van der Waals surface area contributed by atoms with E-state index in [0.29, 0.717) is 6.54 Å². The topological polar surface area (TPSA) is 49.5 Å². The molecule has 1 heterocycles. The van der Waals surface area contributed by atoms with Crippen molar-refractivity contribution in [1.82, 2.24) is 4.90 Å². The Bertz CT molecular complexity index is 312. The van der Waals surface area contributed by atoms with Crippen LogP contribution in [0.15, 0.2) is 0 Å². The molecule has 0 aromatic heterocycles. The zero-order valence-electron chi connectivity index (χ0n) is 14.2. The van der Waals surface area contributed by atoms with Crippen LogP contribution in [0.25, 0.3) is 0 Å². The molecule has 1 unspecified atom stereocenters. The second-order valence-electron chi connectivity index (χ2n) is 7.56. The summed E-state index contributed by atoms with van der Waals surface area (Å²) in [5, 5.41) is 11.5. The maximum Gasteiger partial charge on any atom is 0.0728 e. The van der Waals surface area contributed by atoms with Gasteiger partial charge in [-0.1, -0.05) is 20.3 Å². The molecular weight excluding hydrogens is 260 g/mol. The SMILES string of the molecule is CCCN1CCCC(O)(C2(CN)CCC(CC)CC2)CC1. The molecule has 0 bridgehead atoms. The Balaban J connectivity index is 2.06. The van der Waals surface area contributed by atoms with Crippen molar-refractivity contribution in [2.45, 2.75) is 77.2 Å². The molecule has 1 aliphatic carbocycles. The van der Waals surface area contributed by atoms with Gasteiger partial charge in [0.2, 0.25) is 0 Å². The highest BCUT2D eigenvalue weighted by molar-refractivity contribution is 5.03. The van der Waals surface area contributed by atoms with Crippen LogP contribution < -0.4 is 5.73 Å². The Hall–Kier alpha value is -0.120. The molecule has 3 heteroatoms. The highest BCUT2D eigenvalue weighted by Crippen LogP contribution is 2.50. The van der Waals surface area contributed by atoms with Crippen molar-refractivity contribution in [3.05, 3.63) is 0 Å². The molecule has 0 amide bonds. The second-order valence-corrected chi connectivity index (χ2v) is 7.56. The molecule has 1 saturated heterocycles. The van der Waals surface area contributed by atoms with Crippen LogP contribution in [-0.2, 0) is 0 Å². The lowest BCUT2D eigenvalue weighted by molar-refractivity contribution is -0.114. The fourth-order valence-electron chi connectivity index (χ4n) is 4.74. The highest BCUT2D eigenvalue weighted by atomic mass is 16.3. The van der Waals surface area contributed by atoms with Crippen LogP contribution in [-0.4, -0.2) is 41.8 Å². The van der Waals surface area contributed by atoms with Crippen LogP contribution in [0.5, 0.6) is 0 Å². The standard InChI is InChI=1S/C18H36N2O/c1-3-12-20-13-5-8-18(21,11-14-20)17(15-19)9-6-16(4-2)7-10-17/h16,21H,3-15,19H2,1-2H3. The minimum Gasteiger partial charge on any atom is -0.389 e. The average molecular weight is 296 g/mol. The van der Waals surface area contributed by atoms with Gasteiger partial charge in [0.15, 0.2) is 0 Å². The fourth-order valence-corrected chi connectivity index (χ4v) is 4.74. The minimum atomic E-state index is -0.525. The van der Waals surface area contributed by atoms with E-state index >= 15 is 0 Å². The van der Waals surface area contributed by atoms with Crippen LogP contribution in [0.1, 0.15) is 71.6 Å². The van der Waals surface area contributed by atoms with Crippen molar-refractivity contribution in [1.29, 1.82) is 0 Å². The third-order valence-electron chi connectivity index (χ3n) is 6.46. The summed E-state index contributed by atoms with van der Waals surface area (Å²) in [6.45, 7) is 8.56. The molecule has 2 aliphatic rings. The van der Waals surface area contributed by atoms with E-state index in [1.165, 1.54) is 32.2 Å². The number of rotatable bonds is 5. The predicted molar refractivity (Wildman–Crippen MR) is 89.3 cm³/mol. The number of nitrogens with two attached hydrogens (primary N) is 1. The molecule has 1 aliphatic heterocycles. The van der Waals surface area contributed by atoms with Gasteiger partial charge in [-0.2, -0.15) is 0 Å². The van der Waals surface area contributed by atoms with Gasteiger partial charge >= 0.3 is 0 Å². The Labute approximate surface area is 131 Å². The molecule has 0 aromatic rings. The largest absolute Gasteiger partial charge is 0.389 e. The Kier molecular flexibility index (Phi) is 6.10. The molecule has 3 N–H and O–H groups in total. The van der Waals surface area contributed by atoms with Crippen molar-refractivity contribution in [3.8, 4) is 0 Å². The number of hydrogen-bond donors (Lipinski definition) is 2. The predicted octanol–water partition coefficient (Wildman–Crippen LogP) is 3.16. The normalized spacial score (nSPS) is 39.1. The Morgan fingerprint density at radius 1 is 1.10 bits per heavy atom. The highest BCUT2D eigenvalue weighted by Gasteiger charge is 2.50. The number of aliphatic hydroxyl groups is 1. The first-order valence-corrected chi connectivity index (χ1v) is 9.24. The zero-order chi connectivity index (χ0) is 15.3. The van der Waals surface area contributed by atoms with Crippen LogP contribution in [0.3, 0.4) is 0 Å². The summed E-state index contributed by atoms with van der Waals surface area (Å²) in [7, 11) is 0. The molecule has 1 saturated carbocycles. The lowest BCUT2D eigenvalue weighted by Gasteiger charge is -2.50. The first-order chi connectivity index (χ1) is 10.1. The minimum absolute atomic E-state index is 0.0130. The van der Waals surface area contributed by atoms with E-state index in [-0.39, 0.29) is 5.41 Å². The summed E-state index contributed by atoms with van der Waals surface area (Å²) in [5.41, 5.74) is 5.67. The summed E-state index contributed by atoms with van der Waals surface area (Å²) >= 11 is 0. The van der Waals surface area contributed by atoms with Gasteiger partial charge in [0.25, 0.3) is 0 Å². The van der Waals surface area contributed by atoms with E-state index in [0.717, 1.165) is 51.1 Å². The smallest absolute Gasteiger partial charge is 0.0728 e. The van der Waals surface area contributed by atoms with Crippen molar-refractivity contribution in [2.75, 3.05) is 26.2 Å². The third kappa shape index (κ3) is 3.62. The fraction of sp³-hybridized carbons (Fsp3) is 1.00. The van der Waals surface area contributed by atoms with Crippen molar-refractivity contribution < 1.29 is 5.11 Å². The van der Waals surface area contributed by atoms with Gasteiger partial charge in [-0.05, 0) is 70.4 Å². The molecule has 1 atom stereocenters. The molecular formula is C18H36N2O. The van der Waals surface area contributed by atoms with Crippen molar-refractivity contribution in [3.63, 3.8) is 0 Å². The van der Waals surface area contributed by atoms with E-state index in [2.05, 4.69) is 18.7 Å². The van der Waals surface area contributed by atoms with Gasteiger partial charge in [-0.15, -0.1) is 0 Å². The molecule has 2 fully saturated rings. The number of nitrogens with zero attached hydrogens (tertiary/aromatic N) is 1. The van der Waals surface area contributed by atoms with Crippen molar-refractivity contribution in [2.24, 2.45) is 17.1 Å². The van der Waals surface area contributed by atoms with E-state index < -0.39 is 5.60 Å². The van der Waals surface area contributed by atoms with Gasteiger partial charge in [-0.25, -0.2) is 0 Å².